The molecule has 1 aromatic carbocycles. The fraction of sp³-hybridized carbons (Fsp3) is 0.318. The topological polar surface area (TPSA) is 51.0 Å². The Bertz CT molecular complexity index is 876. The van der Waals surface area contributed by atoms with E-state index in [4.69, 9.17) is 0 Å². The molecule has 1 amide bonds. The molecule has 3 aromatic rings. The minimum absolute atomic E-state index is 0.187. The summed E-state index contributed by atoms with van der Waals surface area (Å²) in [7, 11) is 0. The highest BCUT2D eigenvalue weighted by Crippen LogP contribution is 2.26. The summed E-state index contributed by atoms with van der Waals surface area (Å²) in [6.45, 7) is 2.40. The number of likely N-dealkylation sites (tertiary alicyclic amines) is 1. The van der Waals surface area contributed by atoms with Gasteiger partial charge >= 0.3 is 0 Å². The third kappa shape index (κ3) is 4.25. The van der Waals surface area contributed by atoms with Gasteiger partial charge in [-0.05, 0) is 36.1 Å². The largest absolute Gasteiger partial charge is 0.342 e. The Morgan fingerprint density at radius 2 is 1.85 bits per heavy atom. The molecule has 0 radical (unpaired) electrons. The van der Waals surface area contributed by atoms with E-state index in [1.54, 1.807) is 12.4 Å². The van der Waals surface area contributed by atoms with Crippen LogP contribution in [0.1, 0.15) is 35.7 Å². The predicted octanol–water partition coefficient (Wildman–Crippen LogP) is 3.28. The van der Waals surface area contributed by atoms with Crippen LogP contribution in [0, 0.1) is 0 Å². The first-order valence-corrected chi connectivity index (χ1v) is 9.51. The number of aromatic nitrogens is 3. The molecule has 1 saturated heterocycles. The molecule has 0 N–H and O–H groups in total. The Morgan fingerprint density at radius 1 is 1.04 bits per heavy atom. The highest BCUT2D eigenvalue weighted by atomic mass is 16.2. The van der Waals surface area contributed by atoms with Crippen molar-refractivity contribution in [2.75, 3.05) is 13.1 Å². The van der Waals surface area contributed by atoms with Crippen molar-refractivity contribution in [1.82, 2.24) is 19.4 Å². The Hall–Kier alpha value is -2.95. The molecule has 5 nitrogen and oxygen atoms in total. The molecule has 27 heavy (non-hydrogen) atoms. The van der Waals surface area contributed by atoms with Gasteiger partial charge in [0.1, 0.15) is 5.82 Å². The third-order valence-electron chi connectivity index (χ3n) is 5.19. The number of hydrogen-bond donors (Lipinski definition) is 0. The lowest BCUT2D eigenvalue weighted by atomic mass is 9.96. The molecule has 1 aliphatic rings. The minimum atomic E-state index is 0.187. The first kappa shape index (κ1) is 17.5. The number of nitrogens with zero attached hydrogens (tertiary/aromatic N) is 4. The van der Waals surface area contributed by atoms with Gasteiger partial charge < -0.3 is 9.47 Å². The van der Waals surface area contributed by atoms with Crippen molar-refractivity contribution in [2.45, 2.75) is 31.7 Å². The van der Waals surface area contributed by atoms with Gasteiger partial charge in [0.15, 0.2) is 0 Å². The molecule has 1 fully saturated rings. The lowest BCUT2D eigenvalue weighted by Gasteiger charge is -2.33. The molecule has 0 unspecified atom stereocenters. The maximum atomic E-state index is 12.7. The van der Waals surface area contributed by atoms with Crippen LogP contribution in [0.2, 0.25) is 0 Å². The van der Waals surface area contributed by atoms with Crippen LogP contribution in [0.4, 0.5) is 0 Å². The summed E-state index contributed by atoms with van der Waals surface area (Å²) in [5.41, 5.74) is 2.28. The normalized spacial score (nSPS) is 17.0. The number of hydrogen-bond acceptors (Lipinski definition) is 3. The van der Waals surface area contributed by atoms with Crippen LogP contribution < -0.4 is 0 Å². The fourth-order valence-electron chi connectivity index (χ4n) is 3.80. The molecular formula is C22H24N4O. The van der Waals surface area contributed by atoms with E-state index < -0.39 is 0 Å². The highest BCUT2D eigenvalue weighted by molar-refractivity contribution is 5.78. The lowest BCUT2D eigenvalue weighted by Crippen LogP contribution is -2.40. The number of carbonyl (C=O) groups is 1. The molecule has 0 aliphatic carbocycles. The van der Waals surface area contributed by atoms with E-state index in [1.165, 1.54) is 5.56 Å². The lowest BCUT2D eigenvalue weighted by molar-refractivity contribution is -0.131. The monoisotopic (exact) mass is 360 g/mol. The van der Waals surface area contributed by atoms with Crippen molar-refractivity contribution < 1.29 is 4.79 Å². The minimum Gasteiger partial charge on any atom is -0.342 e. The molecule has 0 bridgehead atoms. The second-order valence-electron chi connectivity index (χ2n) is 7.11. The van der Waals surface area contributed by atoms with Crippen molar-refractivity contribution in [2.24, 2.45) is 0 Å². The van der Waals surface area contributed by atoms with E-state index in [0.29, 0.717) is 12.3 Å². The van der Waals surface area contributed by atoms with Crippen molar-refractivity contribution in [3.8, 4) is 0 Å². The SMILES string of the molecule is O=C(Cc1ccncc1)N1CCC[C@H](c2nccn2Cc2ccccc2)C1. The summed E-state index contributed by atoms with van der Waals surface area (Å²) < 4.78 is 2.22. The molecule has 4 rings (SSSR count). The fourth-order valence-corrected chi connectivity index (χ4v) is 3.80. The van der Waals surface area contributed by atoms with E-state index in [9.17, 15) is 4.79 Å². The van der Waals surface area contributed by atoms with Gasteiger partial charge in [0.25, 0.3) is 0 Å². The summed E-state index contributed by atoms with van der Waals surface area (Å²) in [5, 5.41) is 0. The number of amides is 1. The third-order valence-corrected chi connectivity index (χ3v) is 5.19. The van der Waals surface area contributed by atoms with Gasteiger partial charge in [0, 0.05) is 50.3 Å². The standard InChI is InChI=1S/C22H24N4O/c27-21(15-18-8-10-23-11-9-18)25-13-4-7-20(17-25)22-24-12-14-26(22)16-19-5-2-1-3-6-19/h1-3,5-6,8-12,14,20H,4,7,13,15-17H2/t20-/m0/s1. The molecule has 0 spiro atoms. The number of piperidine rings is 1. The number of carbonyl (C=O) groups excluding carboxylic acids is 1. The van der Waals surface area contributed by atoms with Crippen LogP contribution >= 0.6 is 0 Å². The maximum absolute atomic E-state index is 12.7. The van der Waals surface area contributed by atoms with Crippen LogP contribution in [0.25, 0.3) is 0 Å². The van der Waals surface area contributed by atoms with E-state index in [0.717, 1.165) is 43.9 Å². The highest BCUT2D eigenvalue weighted by Gasteiger charge is 2.27. The van der Waals surface area contributed by atoms with Gasteiger partial charge in [-0.2, -0.15) is 0 Å². The Kier molecular flexibility index (Phi) is 5.28. The first-order valence-electron chi connectivity index (χ1n) is 9.51. The van der Waals surface area contributed by atoms with Gasteiger partial charge in [-0.1, -0.05) is 30.3 Å². The Balaban J connectivity index is 1.44. The Morgan fingerprint density at radius 3 is 2.67 bits per heavy atom. The van der Waals surface area contributed by atoms with E-state index in [-0.39, 0.29) is 5.91 Å². The molecular weight excluding hydrogens is 336 g/mol. The van der Waals surface area contributed by atoms with Crippen molar-refractivity contribution >= 4 is 5.91 Å². The van der Waals surface area contributed by atoms with E-state index >= 15 is 0 Å². The molecule has 2 aromatic heterocycles. The molecule has 3 heterocycles. The summed E-state index contributed by atoms with van der Waals surface area (Å²) in [6.07, 6.45) is 9.92. The van der Waals surface area contributed by atoms with Crippen LogP contribution in [0.15, 0.2) is 67.3 Å². The van der Waals surface area contributed by atoms with Crippen LogP contribution in [0.3, 0.4) is 0 Å². The average molecular weight is 360 g/mol. The van der Waals surface area contributed by atoms with Crippen molar-refractivity contribution in [1.29, 1.82) is 0 Å². The molecule has 5 heteroatoms. The second kappa shape index (κ2) is 8.16. The van der Waals surface area contributed by atoms with Crippen LogP contribution in [0.5, 0.6) is 0 Å². The van der Waals surface area contributed by atoms with Crippen molar-refractivity contribution in [3.63, 3.8) is 0 Å². The number of imidazole rings is 1. The van der Waals surface area contributed by atoms with Crippen LogP contribution in [-0.4, -0.2) is 38.4 Å². The Labute approximate surface area is 159 Å². The van der Waals surface area contributed by atoms with E-state index in [2.05, 4.69) is 38.8 Å². The van der Waals surface area contributed by atoms with Gasteiger partial charge in [0.2, 0.25) is 5.91 Å². The molecule has 138 valence electrons. The maximum Gasteiger partial charge on any atom is 0.227 e. The molecule has 1 atom stereocenters. The van der Waals surface area contributed by atoms with Gasteiger partial charge in [0.05, 0.1) is 6.42 Å². The first-order chi connectivity index (χ1) is 13.3. The second-order valence-corrected chi connectivity index (χ2v) is 7.11. The average Bonchev–Trinajstić information content (AvgIpc) is 3.18. The quantitative estimate of drug-likeness (QED) is 0.702. The zero-order valence-electron chi connectivity index (χ0n) is 15.4. The smallest absolute Gasteiger partial charge is 0.227 e. The predicted molar refractivity (Wildman–Crippen MR) is 104 cm³/mol. The number of pyridine rings is 1. The summed E-state index contributed by atoms with van der Waals surface area (Å²) in [5.74, 6) is 1.56. The van der Waals surface area contributed by atoms with Gasteiger partial charge in [-0.3, -0.25) is 9.78 Å². The summed E-state index contributed by atoms with van der Waals surface area (Å²) >= 11 is 0. The van der Waals surface area contributed by atoms with Crippen LogP contribution in [-0.2, 0) is 17.8 Å². The zero-order chi connectivity index (χ0) is 18.5. The van der Waals surface area contributed by atoms with Crippen molar-refractivity contribution in [3.05, 3.63) is 84.2 Å². The van der Waals surface area contributed by atoms with E-state index in [1.807, 2.05) is 35.5 Å². The number of benzene rings is 1. The van der Waals surface area contributed by atoms with Gasteiger partial charge in [-0.15, -0.1) is 0 Å². The molecule has 0 saturated carbocycles. The van der Waals surface area contributed by atoms with Gasteiger partial charge in [-0.25, -0.2) is 4.98 Å². The summed E-state index contributed by atoms with van der Waals surface area (Å²) in [4.78, 5) is 23.4. The molecule has 1 aliphatic heterocycles. The zero-order valence-corrected chi connectivity index (χ0v) is 15.4. The summed E-state index contributed by atoms with van der Waals surface area (Å²) in [6, 6.07) is 14.2. The number of rotatable bonds is 5.